The van der Waals surface area contributed by atoms with Crippen LogP contribution in [-0.2, 0) is 6.54 Å². The lowest BCUT2D eigenvalue weighted by molar-refractivity contribution is -0.386. The van der Waals surface area contributed by atoms with Crippen molar-refractivity contribution in [2.75, 3.05) is 6.54 Å². The van der Waals surface area contributed by atoms with Gasteiger partial charge in [-0.3, -0.25) is 15.1 Å². The lowest BCUT2D eigenvalue weighted by atomic mass is 10.1. The molecule has 0 aliphatic heterocycles. The molecule has 0 spiro atoms. The van der Waals surface area contributed by atoms with Gasteiger partial charge < -0.3 is 5.32 Å². The zero-order chi connectivity index (χ0) is 11.4. The molecule has 5 nitrogen and oxygen atoms in total. The molecule has 0 saturated carbocycles. The van der Waals surface area contributed by atoms with Gasteiger partial charge in [0.25, 0.3) is 5.69 Å². The molecule has 0 amide bonds. The Balaban J connectivity index is 3.11. The lowest BCUT2D eigenvalue weighted by Gasteiger charge is -2.07. The summed E-state index contributed by atoms with van der Waals surface area (Å²) in [5.41, 5.74) is 2.19. The van der Waals surface area contributed by atoms with E-state index in [2.05, 4.69) is 10.3 Å². The summed E-state index contributed by atoms with van der Waals surface area (Å²) in [6.45, 7) is 6.82. The summed E-state index contributed by atoms with van der Waals surface area (Å²) in [5, 5.41) is 13.9. The van der Waals surface area contributed by atoms with Crippen LogP contribution in [0.1, 0.15) is 23.7 Å². The molecule has 82 valence electrons. The van der Waals surface area contributed by atoms with Gasteiger partial charge in [0.15, 0.2) is 0 Å². The summed E-state index contributed by atoms with van der Waals surface area (Å²) in [6, 6.07) is 0. The molecule has 0 aromatic carbocycles. The maximum absolute atomic E-state index is 10.8. The van der Waals surface area contributed by atoms with Crippen LogP contribution in [-0.4, -0.2) is 16.5 Å². The third-order valence-corrected chi connectivity index (χ3v) is 2.30. The van der Waals surface area contributed by atoms with Gasteiger partial charge in [0.1, 0.15) is 0 Å². The number of aryl methyl sites for hydroxylation is 1. The summed E-state index contributed by atoms with van der Waals surface area (Å²) in [4.78, 5) is 14.7. The smallest absolute Gasteiger partial charge is 0.278 e. The van der Waals surface area contributed by atoms with Crippen LogP contribution < -0.4 is 5.32 Å². The van der Waals surface area contributed by atoms with Gasteiger partial charge in [0, 0.05) is 23.9 Å². The molecular weight excluding hydrogens is 194 g/mol. The SMILES string of the molecule is CCNCc1ncc(C)c([N+](=O)[O-])c1C. The third-order valence-electron chi connectivity index (χ3n) is 2.30. The van der Waals surface area contributed by atoms with Crippen LogP contribution in [0.5, 0.6) is 0 Å². The molecule has 0 atom stereocenters. The second-order valence-electron chi connectivity index (χ2n) is 3.40. The Kier molecular flexibility index (Phi) is 3.74. The summed E-state index contributed by atoms with van der Waals surface area (Å²) < 4.78 is 0. The second kappa shape index (κ2) is 4.84. The minimum atomic E-state index is -0.345. The molecule has 0 fully saturated rings. The van der Waals surface area contributed by atoms with E-state index >= 15 is 0 Å². The molecule has 15 heavy (non-hydrogen) atoms. The predicted molar refractivity (Wildman–Crippen MR) is 57.7 cm³/mol. The van der Waals surface area contributed by atoms with Gasteiger partial charge in [0.2, 0.25) is 0 Å². The van der Waals surface area contributed by atoms with Gasteiger partial charge >= 0.3 is 0 Å². The highest BCUT2D eigenvalue weighted by molar-refractivity contribution is 5.47. The second-order valence-corrected chi connectivity index (χ2v) is 3.40. The standard InChI is InChI=1S/C10H15N3O2/c1-4-11-6-9-8(3)10(13(14)15)7(2)5-12-9/h5,11H,4,6H2,1-3H3. The van der Waals surface area contributed by atoms with Crippen molar-refractivity contribution in [1.29, 1.82) is 0 Å². The average molecular weight is 209 g/mol. The first-order valence-electron chi connectivity index (χ1n) is 4.88. The lowest BCUT2D eigenvalue weighted by Crippen LogP contribution is -2.15. The molecule has 0 radical (unpaired) electrons. The van der Waals surface area contributed by atoms with E-state index in [0.29, 0.717) is 17.7 Å². The molecule has 1 aromatic rings. The van der Waals surface area contributed by atoms with E-state index in [1.165, 1.54) is 0 Å². The maximum Gasteiger partial charge on any atom is 0.278 e. The Labute approximate surface area is 88.7 Å². The van der Waals surface area contributed by atoms with Crippen molar-refractivity contribution < 1.29 is 4.92 Å². The van der Waals surface area contributed by atoms with Crippen molar-refractivity contribution >= 4 is 5.69 Å². The minimum Gasteiger partial charge on any atom is -0.311 e. The number of hydrogen-bond donors (Lipinski definition) is 1. The zero-order valence-corrected chi connectivity index (χ0v) is 9.20. The Hall–Kier alpha value is -1.49. The number of hydrogen-bond acceptors (Lipinski definition) is 4. The van der Waals surface area contributed by atoms with Crippen LogP contribution in [0.2, 0.25) is 0 Å². The van der Waals surface area contributed by atoms with E-state index in [1.807, 2.05) is 6.92 Å². The molecular formula is C10H15N3O2. The number of rotatable bonds is 4. The molecule has 1 N–H and O–H groups in total. The topological polar surface area (TPSA) is 68.1 Å². The van der Waals surface area contributed by atoms with Crippen molar-refractivity contribution in [2.45, 2.75) is 27.3 Å². The van der Waals surface area contributed by atoms with Crippen molar-refractivity contribution in [3.63, 3.8) is 0 Å². The fourth-order valence-electron chi connectivity index (χ4n) is 1.47. The van der Waals surface area contributed by atoms with Crippen LogP contribution in [0, 0.1) is 24.0 Å². The normalized spacial score (nSPS) is 10.3. The fourth-order valence-corrected chi connectivity index (χ4v) is 1.47. The number of nitrogens with zero attached hydrogens (tertiary/aromatic N) is 2. The highest BCUT2D eigenvalue weighted by Crippen LogP contribution is 2.23. The largest absolute Gasteiger partial charge is 0.311 e. The highest BCUT2D eigenvalue weighted by atomic mass is 16.6. The van der Waals surface area contributed by atoms with Crippen molar-refractivity contribution in [3.8, 4) is 0 Å². The molecule has 0 bridgehead atoms. The van der Waals surface area contributed by atoms with E-state index in [0.717, 1.165) is 12.2 Å². The minimum absolute atomic E-state index is 0.179. The molecule has 1 rings (SSSR count). The summed E-state index contributed by atoms with van der Waals surface area (Å²) in [6.07, 6.45) is 1.55. The van der Waals surface area contributed by atoms with Crippen LogP contribution in [0.3, 0.4) is 0 Å². The van der Waals surface area contributed by atoms with Gasteiger partial charge in [-0.05, 0) is 20.4 Å². The molecule has 0 aliphatic carbocycles. The summed E-state index contributed by atoms with van der Waals surface area (Å²) in [7, 11) is 0. The number of nitro groups is 1. The Bertz CT molecular complexity index is 377. The van der Waals surface area contributed by atoms with Gasteiger partial charge in [-0.2, -0.15) is 0 Å². The quantitative estimate of drug-likeness (QED) is 0.605. The molecule has 1 aromatic heterocycles. The number of nitrogens with one attached hydrogen (secondary N) is 1. The summed E-state index contributed by atoms with van der Waals surface area (Å²) in [5.74, 6) is 0. The highest BCUT2D eigenvalue weighted by Gasteiger charge is 2.17. The monoisotopic (exact) mass is 209 g/mol. The average Bonchev–Trinajstić information content (AvgIpc) is 2.16. The van der Waals surface area contributed by atoms with Crippen molar-refractivity contribution in [2.24, 2.45) is 0 Å². The molecule has 0 unspecified atom stereocenters. The van der Waals surface area contributed by atoms with Gasteiger partial charge in [-0.1, -0.05) is 6.92 Å². The fraction of sp³-hybridized carbons (Fsp3) is 0.500. The van der Waals surface area contributed by atoms with Crippen LogP contribution in [0.25, 0.3) is 0 Å². The predicted octanol–water partition coefficient (Wildman–Crippen LogP) is 1.72. The number of aromatic nitrogens is 1. The molecule has 0 saturated heterocycles. The molecule has 0 aliphatic rings. The Morgan fingerprint density at radius 2 is 2.20 bits per heavy atom. The van der Waals surface area contributed by atoms with Gasteiger partial charge in [-0.25, -0.2) is 0 Å². The maximum atomic E-state index is 10.8. The van der Waals surface area contributed by atoms with E-state index in [4.69, 9.17) is 0 Å². The third kappa shape index (κ3) is 2.50. The van der Waals surface area contributed by atoms with E-state index in [1.54, 1.807) is 20.0 Å². The Morgan fingerprint density at radius 3 is 2.73 bits per heavy atom. The zero-order valence-electron chi connectivity index (χ0n) is 9.20. The first-order chi connectivity index (χ1) is 7.07. The molecule has 1 heterocycles. The Morgan fingerprint density at radius 1 is 1.53 bits per heavy atom. The van der Waals surface area contributed by atoms with Crippen LogP contribution in [0.15, 0.2) is 6.20 Å². The van der Waals surface area contributed by atoms with E-state index in [-0.39, 0.29) is 10.6 Å². The van der Waals surface area contributed by atoms with Crippen LogP contribution >= 0.6 is 0 Å². The first-order valence-corrected chi connectivity index (χ1v) is 4.88. The van der Waals surface area contributed by atoms with E-state index < -0.39 is 0 Å². The molecule has 5 heteroatoms. The van der Waals surface area contributed by atoms with Crippen molar-refractivity contribution in [1.82, 2.24) is 10.3 Å². The number of pyridine rings is 1. The first kappa shape index (κ1) is 11.6. The van der Waals surface area contributed by atoms with Crippen LogP contribution in [0.4, 0.5) is 5.69 Å². The van der Waals surface area contributed by atoms with E-state index in [9.17, 15) is 10.1 Å². The van der Waals surface area contributed by atoms with Crippen molar-refractivity contribution in [3.05, 3.63) is 33.1 Å². The summed E-state index contributed by atoms with van der Waals surface area (Å²) >= 11 is 0. The van der Waals surface area contributed by atoms with Gasteiger partial charge in [0.05, 0.1) is 10.6 Å². The van der Waals surface area contributed by atoms with Gasteiger partial charge in [-0.15, -0.1) is 0 Å².